The van der Waals surface area contributed by atoms with Crippen LogP contribution in [0.2, 0.25) is 10.0 Å². The number of rotatable bonds is 1. The molecule has 0 aliphatic carbocycles. The number of nitrogens with two attached hydrogens (primary N) is 1. The molecule has 0 fully saturated rings. The first kappa shape index (κ1) is 12.1. The lowest BCUT2D eigenvalue weighted by molar-refractivity contribution is 0.592. The normalized spacial score (nSPS) is 10.6. The van der Waals surface area contributed by atoms with Crippen LogP contribution in [0.3, 0.4) is 0 Å². The van der Waals surface area contributed by atoms with Crippen molar-refractivity contribution in [2.24, 2.45) is 0 Å². The van der Waals surface area contributed by atoms with E-state index in [4.69, 9.17) is 28.9 Å². The van der Waals surface area contributed by atoms with Gasteiger partial charge in [0, 0.05) is 10.0 Å². The second-order valence-corrected chi connectivity index (χ2v) is 4.36. The van der Waals surface area contributed by atoms with E-state index in [0.717, 1.165) is 6.07 Å². The number of hydrogen-bond donors (Lipinski definition) is 1. The zero-order chi connectivity index (χ0) is 12.6. The fraction of sp³-hybridized carbons (Fsp3) is 0. The maximum atomic E-state index is 13.8. The van der Waals surface area contributed by atoms with E-state index in [9.17, 15) is 8.78 Å². The molecule has 17 heavy (non-hydrogen) atoms. The van der Waals surface area contributed by atoms with E-state index in [-0.39, 0.29) is 16.8 Å². The van der Waals surface area contributed by atoms with E-state index < -0.39 is 11.6 Å². The fourth-order valence-electron chi connectivity index (χ4n) is 1.53. The lowest BCUT2D eigenvalue weighted by Crippen LogP contribution is -1.96. The molecule has 0 aromatic heterocycles. The topological polar surface area (TPSA) is 26.0 Å². The van der Waals surface area contributed by atoms with Gasteiger partial charge in [0.1, 0.15) is 5.82 Å². The van der Waals surface area contributed by atoms with Gasteiger partial charge < -0.3 is 5.73 Å². The molecule has 2 N–H and O–H groups in total. The minimum absolute atomic E-state index is 0.127. The van der Waals surface area contributed by atoms with Gasteiger partial charge in [-0.05, 0) is 35.9 Å². The Morgan fingerprint density at radius 2 is 1.53 bits per heavy atom. The lowest BCUT2D eigenvalue weighted by atomic mass is 10.0. The number of hydrogen-bond acceptors (Lipinski definition) is 1. The van der Waals surface area contributed by atoms with Crippen LogP contribution in [-0.2, 0) is 0 Å². The molecule has 0 heterocycles. The average Bonchev–Trinajstić information content (AvgIpc) is 2.23. The molecule has 0 radical (unpaired) electrons. The summed E-state index contributed by atoms with van der Waals surface area (Å²) in [6, 6.07) is 6.60. The summed E-state index contributed by atoms with van der Waals surface area (Å²) in [6.07, 6.45) is 0. The highest BCUT2D eigenvalue weighted by atomic mass is 35.5. The van der Waals surface area contributed by atoms with Crippen LogP contribution in [0.15, 0.2) is 30.3 Å². The molecule has 0 aliphatic rings. The summed E-state index contributed by atoms with van der Waals surface area (Å²) in [6.45, 7) is 0. The molecule has 2 aromatic carbocycles. The van der Waals surface area contributed by atoms with Crippen molar-refractivity contribution in [3.63, 3.8) is 0 Å². The molecule has 5 heteroatoms. The van der Waals surface area contributed by atoms with Crippen LogP contribution in [0.4, 0.5) is 14.5 Å². The van der Waals surface area contributed by atoms with Crippen LogP contribution in [0.25, 0.3) is 11.1 Å². The summed E-state index contributed by atoms with van der Waals surface area (Å²) in [5, 5.41) is 0.599. The minimum atomic E-state index is -0.816. The van der Waals surface area contributed by atoms with Crippen LogP contribution in [0.1, 0.15) is 0 Å². The minimum Gasteiger partial charge on any atom is -0.396 e. The molecule has 2 rings (SSSR count). The molecule has 0 bridgehead atoms. The van der Waals surface area contributed by atoms with Gasteiger partial charge >= 0.3 is 0 Å². The Bertz CT molecular complexity index is 565. The highest BCUT2D eigenvalue weighted by molar-refractivity contribution is 6.35. The van der Waals surface area contributed by atoms with Crippen molar-refractivity contribution in [1.29, 1.82) is 0 Å². The first-order valence-corrected chi connectivity index (χ1v) is 5.44. The monoisotopic (exact) mass is 273 g/mol. The molecule has 0 atom stereocenters. The Labute approximate surface area is 107 Å². The molecule has 1 nitrogen and oxygen atoms in total. The van der Waals surface area contributed by atoms with Gasteiger partial charge in [-0.15, -0.1) is 0 Å². The van der Waals surface area contributed by atoms with E-state index in [1.165, 1.54) is 24.3 Å². The Kier molecular flexibility index (Phi) is 3.22. The third-order valence-electron chi connectivity index (χ3n) is 2.27. The van der Waals surface area contributed by atoms with Crippen LogP contribution in [-0.4, -0.2) is 0 Å². The summed E-state index contributed by atoms with van der Waals surface area (Å²) in [5.74, 6) is -1.53. The van der Waals surface area contributed by atoms with Gasteiger partial charge in [0.15, 0.2) is 5.82 Å². The zero-order valence-electron chi connectivity index (χ0n) is 8.48. The Balaban J connectivity index is 2.72. The van der Waals surface area contributed by atoms with Crippen LogP contribution in [0.5, 0.6) is 0 Å². The molecular formula is C12H7Cl2F2N. The molecule has 0 spiro atoms. The van der Waals surface area contributed by atoms with Gasteiger partial charge in [-0.1, -0.05) is 23.2 Å². The second-order valence-electron chi connectivity index (χ2n) is 3.48. The molecule has 0 saturated carbocycles. The Morgan fingerprint density at radius 1 is 0.941 bits per heavy atom. The summed E-state index contributed by atoms with van der Waals surface area (Å²) in [4.78, 5) is 0. The quantitative estimate of drug-likeness (QED) is 0.760. The number of nitrogen functional groups attached to an aromatic ring is 1. The smallest absolute Gasteiger partial charge is 0.156 e. The molecule has 0 unspecified atom stereocenters. The van der Waals surface area contributed by atoms with Crippen molar-refractivity contribution in [2.75, 3.05) is 5.73 Å². The van der Waals surface area contributed by atoms with Crippen molar-refractivity contribution in [2.45, 2.75) is 0 Å². The highest BCUT2D eigenvalue weighted by Crippen LogP contribution is 2.32. The Hall–Kier alpha value is -1.32. The lowest BCUT2D eigenvalue weighted by Gasteiger charge is -2.08. The van der Waals surface area contributed by atoms with Gasteiger partial charge in [0.05, 0.1) is 11.3 Å². The molecular weight excluding hydrogens is 267 g/mol. The summed E-state index contributed by atoms with van der Waals surface area (Å²) in [5.41, 5.74) is 5.30. The van der Waals surface area contributed by atoms with Crippen molar-refractivity contribution in [1.82, 2.24) is 0 Å². The third kappa shape index (κ3) is 2.35. The summed E-state index contributed by atoms with van der Waals surface area (Å²) < 4.78 is 27.4. The third-order valence-corrected chi connectivity index (χ3v) is 2.71. The van der Waals surface area contributed by atoms with E-state index in [2.05, 4.69) is 0 Å². The zero-order valence-corrected chi connectivity index (χ0v) is 9.99. The van der Waals surface area contributed by atoms with Crippen molar-refractivity contribution < 1.29 is 8.78 Å². The van der Waals surface area contributed by atoms with E-state index in [0.29, 0.717) is 10.0 Å². The van der Waals surface area contributed by atoms with Crippen molar-refractivity contribution in [3.05, 3.63) is 52.0 Å². The average molecular weight is 274 g/mol. The van der Waals surface area contributed by atoms with Gasteiger partial charge in [-0.3, -0.25) is 0 Å². The number of benzene rings is 2. The predicted molar refractivity (Wildman–Crippen MR) is 66.2 cm³/mol. The number of anilines is 1. The van der Waals surface area contributed by atoms with Crippen LogP contribution >= 0.6 is 23.2 Å². The largest absolute Gasteiger partial charge is 0.396 e. The predicted octanol–water partition coefficient (Wildman–Crippen LogP) is 4.52. The molecule has 0 aliphatic heterocycles. The van der Waals surface area contributed by atoms with Crippen molar-refractivity contribution >= 4 is 28.9 Å². The maximum absolute atomic E-state index is 13.8. The summed E-state index contributed by atoms with van der Waals surface area (Å²) in [7, 11) is 0. The highest BCUT2D eigenvalue weighted by Gasteiger charge is 2.15. The van der Waals surface area contributed by atoms with Gasteiger partial charge in [-0.2, -0.15) is 0 Å². The standard InChI is InChI=1S/C12H7Cl2F2N/c13-7-3-6(4-8(14)5-7)11-9(15)1-2-10(17)12(11)16/h1-5H,17H2. The first-order chi connectivity index (χ1) is 7.99. The molecule has 0 saturated heterocycles. The molecule has 2 aromatic rings. The Morgan fingerprint density at radius 3 is 2.12 bits per heavy atom. The SMILES string of the molecule is Nc1ccc(F)c(-c2cc(Cl)cc(Cl)c2)c1F. The molecule has 88 valence electrons. The second kappa shape index (κ2) is 4.51. The van der Waals surface area contributed by atoms with Crippen LogP contribution < -0.4 is 5.73 Å². The fourth-order valence-corrected chi connectivity index (χ4v) is 2.06. The molecule has 0 amide bonds. The van der Waals surface area contributed by atoms with E-state index in [1.54, 1.807) is 0 Å². The van der Waals surface area contributed by atoms with Gasteiger partial charge in [0.2, 0.25) is 0 Å². The van der Waals surface area contributed by atoms with Gasteiger partial charge in [-0.25, -0.2) is 8.78 Å². The van der Waals surface area contributed by atoms with E-state index in [1.807, 2.05) is 0 Å². The van der Waals surface area contributed by atoms with Crippen LogP contribution in [0, 0.1) is 11.6 Å². The summed E-state index contributed by atoms with van der Waals surface area (Å²) >= 11 is 11.6. The number of halogens is 4. The van der Waals surface area contributed by atoms with Crippen molar-refractivity contribution in [3.8, 4) is 11.1 Å². The first-order valence-electron chi connectivity index (χ1n) is 4.69. The van der Waals surface area contributed by atoms with E-state index >= 15 is 0 Å². The maximum Gasteiger partial charge on any atom is 0.156 e. The van der Waals surface area contributed by atoms with Gasteiger partial charge in [0.25, 0.3) is 0 Å².